The third kappa shape index (κ3) is 1.68. The van der Waals surface area contributed by atoms with Crippen LogP contribution >= 0.6 is 34.8 Å². The molecule has 144 valence electrons. The molecule has 0 aromatic rings. The highest BCUT2D eigenvalue weighted by Crippen LogP contribution is 2.80. The number of hydrogen-bond acceptors (Lipinski definition) is 3. The van der Waals surface area contributed by atoms with E-state index in [9.17, 15) is 9.90 Å². The number of fused-ring (bicyclic) bond motifs is 1. The smallest absolute Gasteiger partial charge is 0.180 e. The van der Waals surface area contributed by atoms with E-state index in [2.05, 4.69) is 11.8 Å². The van der Waals surface area contributed by atoms with Crippen LogP contribution in [0.3, 0.4) is 0 Å². The summed E-state index contributed by atoms with van der Waals surface area (Å²) >= 11 is 14.4. The fraction of sp³-hybridized carbons (Fsp3) is 0.950. The maximum absolute atomic E-state index is 12.5. The standard InChI is InChI=1S/C19H25NO2.CHCl3/c1-17-3-2-10-15-11-4-9-5-14-18(11,7-13(9)21)6-12(20(15)8-17)16(17)19(10,14)22;2-1(3)4/h9-12,14-16,22H,2-8H2,1H3;1H/t9-,10+,11+,12-,14+,15-,16+,17-,18+,19-;/m1./s1. The first-order chi connectivity index (χ1) is 12.2. The van der Waals surface area contributed by atoms with Gasteiger partial charge in [-0.25, -0.2) is 0 Å². The molecule has 0 amide bonds. The number of carbonyl (C=O) groups is 1. The van der Waals surface area contributed by atoms with Crippen molar-refractivity contribution in [3.63, 3.8) is 0 Å². The molecular weight excluding hydrogens is 393 g/mol. The first kappa shape index (κ1) is 17.3. The van der Waals surface area contributed by atoms with Gasteiger partial charge in [0.05, 0.1) is 5.60 Å². The number of nitrogens with zero attached hydrogens (tertiary/aromatic N) is 1. The molecule has 3 aliphatic heterocycles. The highest BCUT2D eigenvalue weighted by Gasteiger charge is 2.84. The molecule has 3 heterocycles. The van der Waals surface area contributed by atoms with Crippen LogP contribution in [0.15, 0.2) is 0 Å². The lowest BCUT2D eigenvalue weighted by Crippen LogP contribution is -2.84. The minimum atomic E-state index is -0.750. The van der Waals surface area contributed by atoms with Crippen LogP contribution in [0.25, 0.3) is 0 Å². The van der Waals surface area contributed by atoms with E-state index < -0.39 is 9.90 Å². The van der Waals surface area contributed by atoms with Gasteiger partial charge >= 0.3 is 0 Å². The quantitative estimate of drug-likeness (QED) is 0.608. The molecular formula is C20H26Cl3NO2. The van der Waals surface area contributed by atoms with Crippen LogP contribution < -0.4 is 0 Å². The first-order valence-corrected chi connectivity index (χ1v) is 11.5. The summed E-state index contributed by atoms with van der Waals surface area (Å²) in [6.07, 6.45) is 6.77. The van der Waals surface area contributed by atoms with Crippen LogP contribution in [0.2, 0.25) is 0 Å². The molecule has 0 aromatic carbocycles. The third-order valence-corrected chi connectivity index (χ3v) is 10.0. The van der Waals surface area contributed by atoms with Crippen LogP contribution in [-0.2, 0) is 4.79 Å². The molecule has 9 rings (SSSR count). The van der Waals surface area contributed by atoms with Gasteiger partial charge < -0.3 is 5.11 Å². The van der Waals surface area contributed by atoms with Crippen molar-refractivity contribution in [3.8, 4) is 0 Å². The number of halogens is 3. The number of alkyl halides is 3. The molecule has 0 radical (unpaired) electrons. The summed E-state index contributed by atoms with van der Waals surface area (Å²) in [4.78, 5) is 15.4. The predicted molar refractivity (Wildman–Crippen MR) is 101 cm³/mol. The Balaban J connectivity index is 0.000000316. The fourth-order valence-corrected chi connectivity index (χ4v) is 9.85. The minimum Gasteiger partial charge on any atom is -0.389 e. The summed E-state index contributed by atoms with van der Waals surface area (Å²) in [5, 5.41) is 12.1. The largest absolute Gasteiger partial charge is 0.389 e. The number of piperidine rings is 2. The van der Waals surface area contributed by atoms with Crippen molar-refractivity contribution < 1.29 is 9.90 Å². The molecule has 10 bridgehead atoms. The highest BCUT2D eigenvalue weighted by atomic mass is 35.6. The molecule has 1 N–H and O–H groups in total. The van der Waals surface area contributed by atoms with Crippen LogP contribution in [0.4, 0.5) is 0 Å². The summed E-state index contributed by atoms with van der Waals surface area (Å²) in [6.45, 7) is 3.69. The van der Waals surface area contributed by atoms with Gasteiger partial charge in [0, 0.05) is 42.8 Å². The Morgan fingerprint density at radius 1 is 1.23 bits per heavy atom. The summed E-state index contributed by atoms with van der Waals surface area (Å²) in [5.41, 5.74) is 0.110. The first-order valence-electron chi connectivity index (χ1n) is 10.2. The lowest BCUT2D eigenvalue weighted by atomic mass is 9.29. The van der Waals surface area contributed by atoms with E-state index in [0.717, 1.165) is 25.2 Å². The van der Waals surface area contributed by atoms with Crippen molar-refractivity contribution in [1.82, 2.24) is 4.90 Å². The average molecular weight is 419 g/mol. The summed E-state index contributed by atoms with van der Waals surface area (Å²) in [6, 6.07) is 1.20. The number of rotatable bonds is 0. The second-order valence-corrected chi connectivity index (χ2v) is 12.5. The van der Waals surface area contributed by atoms with Crippen molar-refractivity contribution in [2.75, 3.05) is 6.54 Å². The molecule has 1 unspecified atom stereocenters. The lowest BCUT2D eigenvalue weighted by molar-refractivity contribution is -0.340. The zero-order valence-electron chi connectivity index (χ0n) is 15.0. The molecule has 9 aliphatic rings. The monoisotopic (exact) mass is 417 g/mol. The summed E-state index contributed by atoms with van der Waals surface area (Å²) in [5.74, 6) is 3.01. The Bertz CT molecular complexity index is 700. The van der Waals surface area contributed by atoms with E-state index in [4.69, 9.17) is 34.8 Å². The topological polar surface area (TPSA) is 40.5 Å². The number of aliphatic hydroxyl groups is 1. The minimum absolute atomic E-state index is 0.196. The van der Waals surface area contributed by atoms with Crippen LogP contribution in [0.5, 0.6) is 0 Å². The van der Waals surface area contributed by atoms with Gasteiger partial charge in [-0.3, -0.25) is 9.69 Å². The molecule has 6 aliphatic carbocycles. The molecule has 6 heteroatoms. The van der Waals surface area contributed by atoms with Crippen molar-refractivity contribution >= 4 is 40.6 Å². The molecule has 26 heavy (non-hydrogen) atoms. The Labute approximate surface area is 169 Å². The second kappa shape index (κ2) is 4.95. The van der Waals surface area contributed by atoms with E-state index in [-0.39, 0.29) is 11.3 Å². The van der Waals surface area contributed by atoms with Crippen molar-refractivity contribution in [1.29, 1.82) is 0 Å². The van der Waals surface area contributed by atoms with Crippen molar-refractivity contribution in [2.45, 2.75) is 67.4 Å². The van der Waals surface area contributed by atoms with Gasteiger partial charge in [0.25, 0.3) is 0 Å². The van der Waals surface area contributed by atoms with Gasteiger partial charge in [0.1, 0.15) is 5.78 Å². The maximum atomic E-state index is 12.5. The molecule has 11 atom stereocenters. The van der Waals surface area contributed by atoms with E-state index in [1.54, 1.807) is 0 Å². The van der Waals surface area contributed by atoms with E-state index in [0.29, 0.717) is 41.0 Å². The number of Topliss-reactive ketones (excluding diaryl/α,β-unsaturated/α-hetero) is 1. The summed E-state index contributed by atoms with van der Waals surface area (Å²) in [7, 11) is 0. The Morgan fingerprint density at radius 2 is 1.96 bits per heavy atom. The summed E-state index contributed by atoms with van der Waals surface area (Å²) < 4.78 is -0.750. The molecule has 1 spiro atoms. The van der Waals surface area contributed by atoms with Gasteiger partial charge in [-0.1, -0.05) is 41.7 Å². The number of hydrogen-bond donors (Lipinski definition) is 1. The Morgan fingerprint density at radius 3 is 2.69 bits per heavy atom. The zero-order chi connectivity index (χ0) is 18.2. The van der Waals surface area contributed by atoms with Crippen molar-refractivity contribution in [3.05, 3.63) is 0 Å². The number of ketones is 1. The fourth-order valence-electron chi connectivity index (χ4n) is 9.85. The van der Waals surface area contributed by atoms with E-state index >= 15 is 0 Å². The predicted octanol–water partition coefficient (Wildman–Crippen LogP) is 3.82. The molecule has 0 aromatic heterocycles. The van der Waals surface area contributed by atoms with Crippen molar-refractivity contribution in [2.24, 2.45) is 40.4 Å². The molecule has 3 nitrogen and oxygen atoms in total. The lowest BCUT2D eigenvalue weighted by Gasteiger charge is -2.79. The Kier molecular flexibility index (Phi) is 3.30. The SMILES string of the molecule is C[C@]12CC[C@H]3[C@@H]4[C@@H]5C[C@@H]6C[C@H]7[C@]5(CC6=O)C[C@H]([C@@H]1[C@@]37O)N4C2.ClC(Cl)Cl. The second-order valence-electron chi connectivity index (χ2n) is 10.5. The molecule has 3 saturated heterocycles. The Hall–Kier alpha value is 0.460. The van der Waals surface area contributed by atoms with E-state index in [1.165, 1.54) is 25.8 Å². The van der Waals surface area contributed by atoms with Gasteiger partial charge in [-0.05, 0) is 54.8 Å². The number of carbonyl (C=O) groups excluding carboxylic acids is 1. The van der Waals surface area contributed by atoms with Crippen LogP contribution in [-0.4, -0.2) is 44.3 Å². The van der Waals surface area contributed by atoms with Gasteiger partial charge in [0.15, 0.2) is 4.30 Å². The normalized spacial score (nSPS) is 64.9. The van der Waals surface area contributed by atoms with Gasteiger partial charge in [0.2, 0.25) is 0 Å². The average Bonchev–Trinajstić information content (AvgIpc) is 2.69. The zero-order valence-corrected chi connectivity index (χ0v) is 17.3. The van der Waals surface area contributed by atoms with E-state index in [1.807, 2.05) is 0 Å². The third-order valence-electron chi connectivity index (χ3n) is 10.0. The molecule has 9 fully saturated rings. The van der Waals surface area contributed by atoms with Gasteiger partial charge in [-0.2, -0.15) is 0 Å². The highest BCUT2D eigenvalue weighted by molar-refractivity contribution is 6.63. The van der Waals surface area contributed by atoms with Crippen LogP contribution in [0, 0.1) is 40.4 Å². The molecule has 6 saturated carbocycles. The van der Waals surface area contributed by atoms with Crippen LogP contribution in [0.1, 0.15) is 45.4 Å². The maximum Gasteiger partial charge on any atom is 0.180 e. The van der Waals surface area contributed by atoms with Gasteiger partial charge in [-0.15, -0.1) is 0 Å².